The molecule has 5 bridgehead atoms. The molecule has 2 aromatic carbocycles. The van der Waals surface area contributed by atoms with Gasteiger partial charge in [0.05, 0.1) is 53.0 Å². The summed E-state index contributed by atoms with van der Waals surface area (Å²) in [5, 5.41) is 67.2. The Morgan fingerprint density at radius 1 is 0.967 bits per heavy atom. The van der Waals surface area contributed by atoms with Gasteiger partial charge in [-0.1, -0.05) is 52.8 Å². The molecule has 9 atom stereocenters. The molecule has 4 aliphatic heterocycles. The van der Waals surface area contributed by atoms with E-state index in [0.29, 0.717) is 13.1 Å². The van der Waals surface area contributed by atoms with Crippen molar-refractivity contribution in [2.75, 3.05) is 45.2 Å². The van der Waals surface area contributed by atoms with Crippen molar-refractivity contribution in [3.8, 4) is 23.0 Å². The van der Waals surface area contributed by atoms with Gasteiger partial charge < -0.3 is 49.8 Å². The summed E-state index contributed by atoms with van der Waals surface area (Å²) in [6, 6.07) is 0. The maximum absolute atomic E-state index is 14.5. The van der Waals surface area contributed by atoms with Gasteiger partial charge in [-0.3, -0.25) is 24.3 Å². The van der Waals surface area contributed by atoms with Crippen LogP contribution in [0.2, 0.25) is 0 Å². The number of piperazine rings is 1. The molecule has 1 saturated heterocycles. The number of allylic oxidation sites excluding steroid dienone is 2. The Kier molecular flexibility index (Phi) is 14.8. The predicted molar refractivity (Wildman–Crippen MR) is 230 cm³/mol. The number of amides is 1. The lowest BCUT2D eigenvalue weighted by Crippen LogP contribution is -2.46. The highest BCUT2D eigenvalue weighted by atomic mass is 16.7. The Morgan fingerprint density at radius 2 is 1.64 bits per heavy atom. The second kappa shape index (κ2) is 19.3. The summed E-state index contributed by atoms with van der Waals surface area (Å²) < 4.78 is 23.7. The normalized spacial score (nSPS) is 29.5. The molecule has 0 saturated carbocycles. The molecular formula is C45H62N4O12. The molecule has 0 aliphatic carbocycles. The van der Waals surface area contributed by atoms with Crippen LogP contribution in [0.15, 0.2) is 41.2 Å². The second-order valence-electron chi connectivity index (χ2n) is 16.7. The highest BCUT2D eigenvalue weighted by Crippen LogP contribution is 2.55. The van der Waals surface area contributed by atoms with Crippen LogP contribution in [0.25, 0.3) is 10.8 Å². The summed E-state index contributed by atoms with van der Waals surface area (Å²) in [6.45, 7) is 18.3. The van der Waals surface area contributed by atoms with Crippen molar-refractivity contribution in [2.45, 2.75) is 98.9 Å². The number of phenolic OH excluding ortho intramolecular Hbond substituents is 3. The number of aliphatic hydroxyl groups is 2. The third kappa shape index (κ3) is 9.52. The van der Waals surface area contributed by atoms with Gasteiger partial charge in [0.15, 0.2) is 5.75 Å². The maximum atomic E-state index is 14.5. The molecule has 16 nitrogen and oxygen atoms in total. The number of benzene rings is 2. The van der Waals surface area contributed by atoms with Crippen LogP contribution in [-0.2, 0) is 23.8 Å². The SMILES string of the molecule is CCCN1CCN(/N=C/c2c3c(O)c4c(O)c(C)c5c(c4c2O)C(=O)C(C)(OC=CC(OC)C(C)C(OC(C)=O)C(C)C(O)C(C)C(O)C(C)C=CC=C(C)C(=O)N3)O5)CC1. The fourth-order valence-corrected chi connectivity index (χ4v) is 8.40. The van der Waals surface area contributed by atoms with Crippen molar-refractivity contribution in [1.29, 1.82) is 0 Å². The van der Waals surface area contributed by atoms with E-state index < -0.39 is 88.8 Å². The second-order valence-corrected chi connectivity index (χ2v) is 16.7. The first kappa shape index (κ1) is 46.9. The first-order valence-electron chi connectivity index (χ1n) is 20.9. The zero-order valence-corrected chi connectivity index (χ0v) is 36.8. The number of esters is 1. The number of carbonyl (C=O) groups is 3. The molecule has 6 N–H and O–H groups in total. The van der Waals surface area contributed by atoms with E-state index in [0.717, 1.165) is 26.1 Å². The summed E-state index contributed by atoms with van der Waals surface area (Å²) in [7, 11) is 1.44. The van der Waals surface area contributed by atoms with E-state index in [9.17, 15) is 39.9 Å². The molecule has 4 heterocycles. The van der Waals surface area contributed by atoms with Crippen molar-refractivity contribution < 1.29 is 58.9 Å². The molecular weight excluding hydrogens is 789 g/mol. The first-order chi connectivity index (χ1) is 28.8. The van der Waals surface area contributed by atoms with Crippen LogP contribution in [0.5, 0.6) is 23.0 Å². The molecule has 4 aliphatic rings. The van der Waals surface area contributed by atoms with E-state index in [4.69, 9.17) is 18.9 Å². The number of hydrogen-bond acceptors (Lipinski definition) is 15. The van der Waals surface area contributed by atoms with Gasteiger partial charge in [0.1, 0.15) is 23.4 Å². The minimum Gasteiger partial charge on any atom is -0.507 e. The van der Waals surface area contributed by atoms with Crippen molar-refractivity contribution in [3.05, 3.63) is 52.8 Å². The van der Waals surface area contributed by atoms with Gasteiger partial charge >= 0.3 is 11.8 Å². The molecule has 0 spiro atoms. The fraction of sp³-hybridized carbons (Fsp3) is 0.556. The summed E-state index contributed by atoms with van der Waals surface area (Å²) >= 11 is 0. The smallest absolute Gasteiger partial charge is 0.312 e. The van der Waals surface area contributed by atoms with E-state index in [1.807, 2.05) is 0 Å². The van der Waals surface area contributed by atoms with Gasteiger partial charge in [-0.15, -0.1) is 0 Å². The molecule has 1 amide bonds. The number of hydrogen-bond donors (Lipinski definition) is 6. The van der Waals surface area contributed by atoms with E-state index in [1.165, 1.54) is 59.4 Å². The topological polar surface area (TPSA) is 220 Å². The molecule has 61 heavy (non-hydrogen) atoms. The Labute approximate surface area is 357 Å². The number of anilines is 1. The van der Waals surface area contributed by atoms with Crippen molar-refractivity contribution in [2.24, 2.45) is 28.8 Å². The third-order valence-corrected chi connectivity index (χ3v) is 12.3. The number of nitrogens with zero attached hydrogens (tertiary/aromatic N) is 3. The number of ether oxygens (including phenoxy) is 4. The Morgan fingerprint density at radius 3 is 2.26 bits per heavy atom. The van der Waals surface area contributed by atoms with Crippen molar-refractivity contribution in [1.82, 2.24) is 9.91 Å². The molecule has 334 valence electrons. The van der Waals surface area contributed by atoms with Crippen LogP contribution in [-0.4, -0.2) is 129 Å². The van der Waals surface area contributed by atoms with Crippen LogP contribution in [0.4, 0.5) is 5.69 Å². The number of aromatic hydroxyl groups is 3. The fourth-order valence-electron chi connectivity index (χ4n) is 8.40. The molecule has 1 fully saturated rings. The van der Waals surface area contributed by atoms with Crippen LogP contribution in [0.3, 0.4) is 0 Å². The van der Waals surface area contributed by atoms with Gasteiger partial charge in [0, 0.05) is 87.3 Å². The highest BCUT2D eigenvalue weighted by Gasteiger charge is 2.50. The maximum Gasteiger partial charge on any atom is 0.312 e. The first-order valence-corrected chi connectivity index (χ1v) is 20.9. The number of ketones is 1. The molecule has 0 aromatic heterocycles. The molecule has 2 aromatic rings. The summed E-state index contributed by atoms with van der Waals surface area (Å²) in [5.74, 6) is -8.33. The predicted octanol–water partition coefficient (Wildman–Crippen LogP) is 5.12. The number of fused-ring (bicyclic) bond motifs is 14. The summed E-state index contributed by atoms with van der Waals surface area (Å²) in [4.78, 5) is 42.9. The molecule has 6 rings (SSSR count). The van der Waals surface area contributed by atoms with Gasteiger partial charge in [-0.05, 0) is 32.9 Å². The van der Waals surface area contributed by atoms with Crippen LogP contribution in [0.1, 0.15) is 83.3 Å². The zero-order chi connectivity index (χ0) is 45.1. The Hall–Kier alpha value is -5.16. The average Bonchev–Trinajstić information content (AvgIpc) is 3.49. The summed E-state index contributed by atoms with van der Waals surface area (Å²) in [6.07, 6.45) is 5.91. The van der Waals surface area contributed by atoms with E-state index in [2.05, 4.69) is 22.2 Å². The largest absolute Gasteiger partial charge is 0.507 e. The molecule has 0 radical (unpaired) electrons. The number of phenols is 3. The van der Waals surface area contributed by atoms with E-state index in [1.54, 1.807) is 44.9 Å². The van der Waals surface area contributed by atoms with Crippen molar-refractivity contribution in [3.63, 3.8) is 0 Å². The van der Waals surface area contributed by atoms with Gasteiger partial charge in [-0.2, -0.15) is 5.10 Å². The number of aliphatic hydroxyl groups excluding tert-OH is 2. The van der Waals surface area contributed by atoms with E-state index >= 15 is 0 Å². The quantitative estimate of drug-likeness (QED) is 0.0963. The average molecular weight is 851 g/mol. The van der Waals surface area contributed by atoms with Crippen LogP contribution < -0.4 is 10.1 Å². The lowest BCUT2D eigenvalue weighted by atomic mass is 9.78. The molecule has 16 heteroatoms. The van der Waals surface area contributed by atoms with Crippen LogP contribution >= 0.6 is 0 Å². The number of rotatable bonds is 6. The monoisotopic (exact) mass is 850 g/mol. The minimum absolute atomic E-state index is 0.0583. The standard InChI is InChI=1S/C45H62N4O12/c1-11-16-48-17-19-49(20-18-48)46-22-30-35-40(55)33-32(39(30)54)34-42(28(7)38(33)53)61-45(9,43(34)56)59-21-15-31(58-10)25(4)41(60-29(8)50)27(6)37(52)26(5)36(51)23(2)13-12-14-24(3)44(57)47-35/h12-15,21-23,25-27,31,36-37,41,51-55H,11,16-20H2,1-10H3,(H,47,57)/b13-12?,21-15?,24-14?,46-22+. The molecule has 9 unspecified atom stereocenters. The van der Waals surface area contributed by atoms with Crippen LogP contribution in [0, 0.1) is 30.6 Å². The van der Waals surface area contributed by atoms with Crippen molar-refractivity contribution >= 4 is 40.3 Å². The third-order valence-electron chi connectivity index (χ3n) is 12.3. The number of Topliss-reactive ketones (excluding diaryl/α,β-unsaturated/α-hetero) is 1. The summed E-state index contributed by atoms with van der Waals surface area (Å²) in [5.41, 5.74) is -0.330. The minimum atomic E-state index is -2.04. The Balaban J connectivity index is 1.69. The highest BCUT2D eigenvalue weighted by molar-refractivity contribution is 6.23. The number of nitrogens with one attached hydrogen (secondary N) is 1. The van der Waals surface area contributed by atoms with Gasteiger partial charge in [-0.25, -0.2) is 0 Å². The number of methoxy groups -OCH3 is 1. The Bertz CT molecular complexity index is 2110. The lowest BCUT2D eigenvalue weighted by molar-refractivity contribution is -0.160. The van der Waals surface area contributed by atoms with Gasteiger partial charge in [0.25, 0.3) is 11.7 Å². The van der Waals surface area contributed by atoms with E-state index in [-0.39, 0.29) is 44.5 Å². The zero-order valence-electron chi connectivity index (χ0n) is 36.8. The lowest BCUT2D eigenvalue weighted by Gasteiger charge is -2.38. The number of carbonyl (C=O) groups excluding carboxylic acids is 3. The van der Waals surface area contributed by atoms with Gasteiger partial charge in [0.2, 0.25) is 0 Å². The number of hydrazone groups is 1.